The first-order valence-corrected chi connectivity index (χ1v) is 8.16. The summed E-state index contributed by atoms with van der Waals surface area (Å²) < 4.78 is 0. The Morgan fingerprint density at radius 1 is 1.22 bits per heavy atom. The summed E-state index contributed by atoms with van der Waals surface area (Å²) in [5.74, 6) is -0.277. The van der Waals surface area contributed by atoms with Crippen LogP contribution < -0.4 is 5.73 Å². The Morgan fingerprint density at radius 3 is 2.43 bits per heavy atom. The maximum Gasteiger partial charge on any atom is 0.231 e. The molecule has 0 aromatic heterocycles. The molecule has 2 rings (SSSR count). The molecule has 0 spiro atoms. The molecule has 128 valence electrons. The Kier molecular flexibility index (Phi) is 6.98. The lowest BCUT2D eigenvalue weighted by Gasteiger charge is -2.35. The van der Waals surface area contributed by atoms with Gasteiger partial charge in [0.05, 0.1) is 12.6 Å². The van der Waals surface area contributed by atoms with Crippen molar-refractivity contribution in [3.05, 3.63) is 35.9 Å². The van der Waals surface area contributed by atoms with E-state index in [1.807, 2.05) is 25.2 Å². The van der Waals surface area contributed by atoms with Gasteiger partial charge < -0.3 is 10.8 Å². The van der Waals surface area contributed by atoms with Crippen molar-refractivity contribution < 1.29 is 9.90 Å². The maximum absolute atomic E-state index is 10.9. The molecule has 0 aliphatic carbocycles. The second-order valence-electron chi connectivity index (χ2n) is 6.38. The number of carbonyl (C=O) groups excluding carboxylic acids is 1. The SMILES string of the molecule is CN(Cc1ccccc1)CC(O)CN1CCN(CC(N)=O)CC1. The Morgan fingerprint density at radius 2 is 1.83 bits per heavy atom. The summed E-state index contributed by atoms with van der Waals surface area (Å²) in [5.41, 5.74) is 6.47. The van der Waals surface area contributed by atoms with Gasteiger partial charge in [0, 0.05) is 45.8 Å². The third-order valence-electron chi connectivity index (χ3n) is 4.13. The zero-order chi connectivity index (χ0) is 16.7. The van der Waals surface area contributed by atoms with Crippen molar-refractivity contribution in [2.45, 2.75) is 12.6 Å². The van der Waals surface area contributed by atoms with Crippen LogP contribution in [0, 0.1) is 0 Å². The van der Waals surface area contributed by atoms with Gasteiger partial charge in [-0.05, 0) is 12.6 Å². The lowest BCUT2D eigenvalue weighted by atomic mass is 10.2. The van der Waals surface area contributed by atoms with Crippen LogP contribution in [0.5, 0.6) is 0 Å². The number of piperazine rings is 1. The summed E-state index contributed by atoms with van der Waals surface area (Å²) in [6, 6.07) is 10.3. The first-order chi connectivity index (χ1) is 11.0. The average Bonchev–Trinajstić information content (AvgIpc) is 2.49. The largest absolute Gasteiger partial charge is 0.390 e. The highest BCUT2D eigenvalue weighted by Crippen LogP contribution is 2.06. The summed E-state index contributed by atoms with van der Waals surface area (Å²) in [6.45, 7) is 5.88. The molecule has 0 bridgehead atoms. The standard InChI is InChI=1S/C17H28N4O2/c1-19(11-15-5-3-2-4-6-15)12-16(22)13-20-7-9-21(10-8-20)14-17(18)23/h2-6,16,22H,7-14H2,1H3,(H2,18,23). The van der Waals surface area contributed by atoms with Crippen LogP contribution in [0.4, 0.5) is 0 Å². The smallest absolute Gasteiger partial charge is 0.231 e. The predicted octanol–water partition coefficient (Wildman–Crippen LogP) is -0.418. The van der Waals surface area contributed by atoms with Gasteiger partial charge in [-0.3, -0.25) is 19.5 Å². The highest BCUT2D eigenvalue weighted by atomic mass is 16.3. The molecule has 6 heteroatoms. The number of rotatable bonds is 8. The van der Waals surface area contributed by atoms with E-state index in [4.69, 9.17) is 5.73 Å². The van der Waals surface area contributed by atoms with Crippen LogP contribution in [-0.2, 0) is 11.3 Å². The van der Waals surface area contributed by atoms with E-state index in [0.29, 0.717) is 19.6 Å². The minimum absolute atomic E-state index is 0.277. The van der Waals surface area contributed by atoms with E-state index in [2.05, 4.69) is 26.8 Å². The van der Waals surface area contributed by atoms with E-state index in [9.17, 15) is 9.90 Å². The monoisotopic (exact) mass is 320 g/mol. The van der Waals surface area contributed by atoms with Crippen molar-refractivity contribution in [3.8, 4) is 0 Å². The van der Waals surface area contributed by atoms with Crippen LogP contribution in [0.3, 0.4) is 0 Å². The second kappa shape index (κ2) is 8.98. The molecule has 1 aliphatic heterocycles. The number of hydrogen-bond donors (Lipinski definition) is 2. The lowest BCUT2D eigenvalue weighted by molar-refractivity contribution is -0.119. The van der Waals surface area contributed by atoms with Crippen LogP contribution in [-0.4, -0.2) is 84.7 Å². The minimum atomic E-state index is -0.369. The van der Waals surface area contributed by atoms with Gasteiger partial charge in [-0.15, -0.1) is 0 Å². The molecule has 3 N–H and O–H groups in total. The highest BCUT2D eigenvalue weighted by molar-refractivity contribution is 5.75. The molecule has 1 heterocycles. The van der Waals surface area contributed by atoms with Gasteiger partial charge in [-0.25, -0.2) is 0 Å². The van der Waals surface area contributed by atoms with E-state index in [1.165, 1.54) is 5.56 Å². The normalized spacial score (nSPS) is 18.2. The number of likely N-dealkylation sites (N-methyl/N-ethyl adjacent to an activating group) is 1. The van der Waals surface area contributed by atoms with Gasteiger partial charge in [0.1, 0.15) is 0 Å². The first-order valence-electron chi connectivity index (χ1n) is 8.16. The molecular weight excluding hydrogens is 292 g/mol. The summed E-state index contributed by atoms with van der Waals surface area (Å²) >= 11 is 0. The van der Waals surface area contributed by atoms with Crippen LogP contribution in [0.15, 0.2) is 30.3 Å². The fourth-order valence-corrected chi connectivity index (χ4v) is 3.03. The zero-order valence-electron chi connectivity index (χ0n) is 13.9. The fourth-order valence-electron chi connectivity index (χ4n) is 3.03. The van der Waals surface area contributed by atoms with Gasteiger partial charge >= 0.3 is 0 Å². The van der Waals surface area contributed by atoms with Crippen molar-refractivity contribution >= 4 is 5.91 Å². The topological polar surface area (TPSA) is 73.0 Å². The van der Waals surface area contributed by atoms with Crippen molar-refractivity contribution in [1.29, 1.82) is 0 Å². The number of primary amides is 1. The summed E-state index contributed by atoms with van der Waals surface area (Å²) in [5, 5.41) is 10.3. The summed E-state index contributed by atoms with van der Waals surface area (Å²) in [4.78, 5) is 17.4. The van der Waals surface area contributed by atoms with Gasteiger partial charge in [0.2, 0.25) is 5.91 Å². The van der Waals surface area contributed by atoms with Crippen LogP contribution in [0.2, 0.25) is 0 Å². The molecule has 1 fully saturated rings. The Bertz CT molecular complexity index is 475. The third-order valence-corrected chi connectivity index (χ3v) is 4.13. The molecule has 1 aromatic rings. The van der Waals surface area contributed by atoms with E-state index in [-0.39, 0.29) is 12.0 Å². The highest BCUT2D eigenvalue weighted by Gasteiger charge is 2.20. The van der Waals surface area contributed by atoms with E-state index < -0.39 is 0 Å². The molecule has 1 saturated heterocycles. The first kappa shape index (κ1) is 17.9. The molecule has 0 radical (unpaired) electrons. The Balaban J connectivity index is 1.67. The summed E-state index contributed by atoms with van der Waals surface area (Å²) in [7, 11) is 2.03. The zero-order valence-corrected chi connectivity index (χ0v) is 13.9. The lowest BCUT2D eigenvalue weighted by Crippen LogP contribution is -2.51. The molecule has 0 saturated carbocycles. The van der Waals surface area contributed by atoms with Crippen molar-refractivity contribution in [2.24, 2.45) is 5.73 Å². The molecular formula is C17H28N4O2. The molecule has 1 aromatic carbocycles. The molecule has 1 aliphatic rings. The number of amides is 1. The quantitative estimate of drug-likeness (QED) is 0.681. The number of β-amino-alcohol motifs (C(OH)–C–C–N with tert-alkyl or cyclic N) is 1. The predicted molar refractivity (Wildman–Crippen MR) is 90.9 cm³/mol. The second-order valence-corrected chi connectivity index (χ2v) is 6.38. The fraction of sp³-hybridized carbons (Fsp3) is 0.588. The average molecular weight is 320 g/mol. The van der Waals surface area contributed by atoms with Gasteiger partial charge in [0.25, 0.3) is 0 Å². The number of hydrogen-bond acceptors (Lipinski definition) is 5. The number of benzene rings is 1. The molecule has 23 heavy (non-hydrogen) atoms. The Labute approximate surface area is 138 Å². The maximum atomic E-state index is 10.9. The minimum Gasteiger partial charge on any atom is -0.390 e. The third kappa shape index (κ3) is 6.66. The summed E-state index contributed by atoms with van der Waals surface area (Å²) in [6.07, 6.45) is -0.369. The van der Waals surface area contributed by atoms with E-state index in [1.54, 1.807) is 0 Å². The van der Waals surface area contributed by atoms with Gasteiger partial charge in [-0.1, -0.05) is 30.3 Å². The number of aliphatic hydroxyl groups excluding tert-OH is 1. The van der Waals surface area contributed by atoms with Gasteiger partial charge in [-0.2, -0.15) is 0 Å². The van der Waals surface area contributed by atoms with Crippen LogP contribution in [0.25, 0.3) is 0 Å². The number of nitrogens with two attached hydrogens (primary N) is 1. The van der Waals surface area contributed by atoms with Gasteiger partial charge in [0.15, 0.2) is 0 Å². The van der Waals surface area contributed by atoms with Crippen LogP contribution in [0.1, 0.15) is 5.56 Å². The molecule has 6 nitrogen and oxygen atoms in total. The van der Waals surface area contributed by atoms with Crippen molar-refractivity contribution in [2.75, 3.05) is 52.9 Å². The molecule has 1 amide bonds. The Hall–Kier alpha value is -1.47. The molecule has 1 atom stereocenters. The number of aliphatic hydroxyl groups is 1. The van der Waals surface area contributed by atoms with Crippen molar-refractivity contribution in [3.63, 3.8) is 0 Å². The molecule has 1 unspecified atom stereocenters. The van der Waals surface area contributed by atoms with E-state index >= 15 is 0 Å². The number of nitrogens with zero attached hydrogens (tertiary/aromatic N) is 3. The van der Waals surface area contributed by atoms with Crippen LogP contribution >= 0.6 is 0 Å². The van der Waals surface area contributed by atoms with Crippen molar-refractivity contribution in [1.82, 2.24) is 14.7 Å². The number of carbonyl (C=O) groups is 1. The van der Waals surface area contributed by atoms with E-state index in [0.717, 1.165) is 32.7 Å².